The monoisotopic (exact) mass is 241 g/mol. The minimum Gasteiger partial charge on any atom is -0.333 e. The fraction of sp³-hybridized carbons (Fsp3) is 0.267. The van der Waals surface area contributed by atoms with Gasteiger partial charge in [-0.2, -0.15) is 0 Å². The molecule has 1 unspecified atom stereocenters. The molecule has 3 heteroatoms. The van der Waals surface area contributed by atoms with Crippen LogP contribution in [0.25, 0.3) is 0 Å². The van der Waals surface area contributed by atoms with Gasteiger partial charge in [0.1, 0.15) is 0 Å². The molecule has 0 aliphatic heterocycles. The van der Waals surface area contributed by atoms with Crippen molar-refractivity contribution in [1.29, 1.82) is 0 Å². The minimum atomic E-state index is -0.112. The van der Waals surface area contributed by atoms with Crippen LogP contribution in [-0.4, -0.2) is 9.55 Å². The SMILES string of the molecule is C/C=C/CCn1cncc1C(N)c1ccccc1. The van der Waals surface area contributed by atoms with Crippen molar-refractivity contribution < 1.29 is 0 Å². The van der Waals surface area contributed by atoms with Crippen molar-refractivity contribution >= 4 is 0 Å². The van der Waals surface area contributed by atoms with Crippen molar-refractivity contribution in [3.8, 4) is 0 Å². The molecular weight excluding hydrogens is 222 g/mol. The Morgan fingerprint density at radius 1 is 1.33 bits per heavy atom. The summed E-state index contributed by atoms with van der Waals surface area (Å²) >= 11 is 0. The van der Waals surface area contributed by atoms with Gasteiger partial charge < -0.3 is 10.3 Å². The fourth-order valence-electron chi connectivity index (χ4n) is 1.99. The number of benzene rings is 1. The predicted octanol–water partition coefficient (Wildman–Crippen LogP) is 2.90. The van der Waals surface area contributed by atoms with Crippen molar-refractivity contribution in [2.75, 3.05) is 0 Å². The molecule has 3 nitrogen and oxygen atoms in total. The third kappa shape index (κ3) is 2.87. The van der Waals surface area contributed by atoms with E-state index in [4.69, 9.17) is 5.73 Å². The molecule has 2 aromatic rings. The van der Waals surface area contributed by atoms with E-state index in [1.807, 2.05) is 49.8 Å². The summed E-state index contributed by atoms with van der Waals surface area (Å²) in [5.74, 6) is 0. The van der Waals surface area contributed by atoms with E-state index in [1.165, 1.54) is 0 Å². The zero-order valence-corrected chi connectivity index (χ0v) is 10.7. The van der Waals surface area contributed by atoms with Crippen molar-refractivity contribution in [2.45, 2.75) is 25.9 Å². The van der Waals surface area contributed by atoms with Crippen LogP contribution in [-0.2, 0) is 6.54 Å². The van der Waals surface area contributed by atoms with E-state index >= 15 is 0 Å². The standard InChI is InChI=1S/C15H19N3/c1-2-3-7-10-18-12-17-11-14(18)15(16)13-8-5-4-6-9-13/h2-6,8-9,11-12,15H,7,10,16H2,1H3/b3-2+. The predicted molar refractivity (Wildman–Crippen MR) is 74.1 cm³/mol. The first-order chi connectivity index (χ1) is 8.83. The number of nitrogens with zero attached hydrogens (tertiary/aromatic N) is 2. The number of hydrogen-bond acceptors (Lipinski definition) is 2. The first kappa shape index (κ1) is 12.6. The van der Waals surface area contributed by atoms with Gasteiger partial charge in [0, 0.05) is 6.54 Å². The molecule has 1 aromatic carbocycles. The van der Waals surface area contributed by atoms with Gasteiger partial charge in [0.05, 0.1) is 24.3 Å². The van der Waals surface area contributed by atoms with E-state index in [2.05, 4.69) is 21.7 Å². The van der Waals surface area contributed by atoms with Crippen molar-refractivity contribution in [1.82, 2.24) is 9.55 Å². The molecule has 94 valence electrons. The van der Waals surface area contributed by atoms with Gasteiger partial charge in [-0.1, -0.05) is 42.5 Å². The third-order valence-electron chi connectivity index (χ3n) is 2.99. The van der Waals surface area contributed by atoms with Gasteiger partial charge in [0.2, 0.25) is 0 Å². The molecule has 0 bridgehead atoms. The number of aromatic nitrogens is 2. The first-order valence-corrected chi connectivity index (χ1v) is 6.24. The third-order valence-corrected chi connectivity index (χ3v) is 2.99. The molecule has 18 heavy (non-hydrogen) atoms. The lowest BCUT2D eigenvalue weighted by Gasteiger charge is -2.14. The Balaban J connectivity index is 2.16. The van der Waals surface area contributed by atoms with Gasteiger partial charge >= 0.3 is 0 Å². The van der Waals surface area contributed by atoms with Crippen LogP contribution in [0.3, 0.4) is 0 Å². The van der Waals surface area contributed by atoms with Crippen molar-refractivity contribution in [3.63, 3.8) is 0 Å². The van der Waals surface area contributed by atoms with Crippen LogP contribution in [0.5, 0.6) is 0 Å². The van der Waals surface area contributed by atoms with E-state index < -0.39 is 0 Å². The molecule has 1 heterocycles. The van der Waals surface area contributed by atoms with Crippen LogP contribution in [0, 0.1) is 0 Å². The highest BCUT2D eigenvalue weighted by atomic mass is 15.1. The lowest BCUT2D eigenvalue weighted by molar-refractivity contribution is 0.644. The number of aryl methyl sites for hydroxylation is 1. The molecule has 0 aliphatic carbocycles. The summed E-state index contributed by atoms with van der Waals surface area (Å²) in [5.41, 5.74) is 8.46. The second-order valence-electron chi connectivity index (χ2n) is 4.26. The molecule has 0 saturated heterocycles. The van der Waals surface area contributed by atoms with E-state index in [0.717, 1.165) is 24.2 Å². The highest BCUT2D eigenvalue weighted by Crippen LogP contribution is 2.19. The Kier molecular flexibility index (Phi) is 4.31. The number of nitrogens with two attached hydrogens (primary N) is 1. The molecule has 2 N–H and O–H groups in total. The molecule has 2 rings (SSSR count). The maximum Gasteiger partial charge on any atom is 0.0948 e. The summed E-state index contributed by atoms with van der Waals surface area (Å²) in [6, 6.07) is 10.0. The van der Waals surface area contributed by atoms with Crippen LogP contribution in [0.2, 0.25) is 0 Å². The summed E-state index contributed by atoms with van der Waals surface area (Å²) in [6.07, 6.45) is 8.92. The first-order valence-electron chi connectivity index (χ1n) is 6.24. The average Bonchev–Trinajstić information content (AvgIpc) is 2.88. The molecular formula is C15H19N3. The zero-order valence-electron chi connectivity index (χ0n) is 10.7. The zero-order chi connectivity index (χ0) is 12.8. The van der Waals surface area contributed by atoms with E-state index in [9.17, 15) is 0 Å². The molecule has 1 aromatic heterocycles. The van der Waals surface area contributed by atoms with Gasteiger partial charge in [-0.25, -0.2) is 4.98 Å². The molecule has 0 fully saturated rings. The Bertz CT molecular complexity index is 499. The molecule has 0 saturated carbocycles. The van der Waals surface area contributed by atoms with Crippen LogP contribution >= 0.6 is 0 Å². The second kappa shape index (κ2) is 6.17. The lowest BCUT2D eigenvalue weighted by Crippen LogP contribution is -2.16. The Morgan fingerprint density at radius 2 is 2.11 bits per heavy atom. The summed E-state index contributed by atoms with van der Waals surface area (Å²) in [6.45, 7) is 2.95. The maximum atomic E-state index is 6.29. The van der Waals surface area contributed by atoms with Gasteiger partial charge in [0.15, 0.2) is 0 Å². The number of hydrogen-bond donors (Lipinski definition) is 1. The minimum absolute atomic E-state index is 0.112. The molecule has 0 radical (unpaired) electrons. The normalized spacial score (nSPS) is 13.0. The highest BCUT2D eigenvalue weighted by Gasteiger charge is 2.12. The summed E-state index contributed by atoms with van der Waals surface area (Å²) < 4.78 is 2.12. The van der Waals surface area contributed by atoms with Crippen molar-refractivity contribution in [3.05, 3.63) is 66.3 Å². The molecule has 1 atom stereocenters. The Hall–Kier alpha value is -1.87. The van der Waals surface area contributed by atoms with E-state index in [1.54, 1.807) is 0 Å². The summed E-state index contributed by atoms with van der Waals surface area (Å²) in [7, 11) is 0. The molecule has 0 amide bonds. The fourth-order valence-corrected chi connectivity index (χ4v) is 1.99. The van der Waals surface area contributed by atoms with Gasteiger partial charge in [-0.3, -0.25) is 0 Å². The molecule has 0 spiro atoms. The summed E-state index contributed by atoms with van der Waals surface area (Å²) in [5, 5.41) is 0. The summed E-state index contributed by atoms with van der Waals surface area (Å²) in [4.78, 5) is 4.21. The van der Waals surface area contributed by atoms with Crippen molar-refractivity contribution in [2.24, 2.45) is 5.73 Å². The average molecular weight is 241 g/mol. The largest absolute Gasteiger partial charge is 0.333 e. The maximum absolute atomic E-state index is 6.29. The highest BCUT2D eigenvalue weighted by molar-refractivity contribution is 5.26. The van der Waals surface area contributed by atoms with Crippen LogP contribution in [0.1, 0.15) is 30.6 Å². The number of allylic oxidation sites excluding steroid dienone is 2. The smallest absolute Gasteiger partial charge is 0.0948 e. The topological polar surface area (TPSA) is 43.8 Å². The number of rotatable bonds is 5. The second-order valence-corrected chi connectivity index (χ2v) is 4.26. The van der Waals surface area contributed by atoms with Gasteiger partial charge in [0.25, 0.3) is 0 Å². The van der Waals surface area contributed by atoms with E-state index in [0.29, 0.717) is 0 Å². The quantitative estimate of drug-likeness (QED) is 0.818. The Labute approximate surface area is 108 Å². The van der Waals surface area contributed by atoms with E-state index in [-0.39, 0.29) is 6.04 Å². The van der Waals surface area contributed by atoms with Crippen LogP contribution in [0.4, 0.5) is 0 Å². The molecule has 0 aliphatic rings. The number of imidazole rings is 1. The van der Waals surface area contributed by atoms with Crippen LogP contribution < -0.4 is 5.73 Å². The lowest BCUT2D eigenvalue weighted by atomic mass is 10.1. The Morgan fingerprint density at radius 3 is 2.83 bits per heavy atom. The van der Waals surface area contributed by atoms with Gasteiger partial charge in [-0.05, 0) is 18.9 Å². The van der Waals surface area contributed by atoms with Gasteiger partial charge in [-0.15, -0.1) is 0 Å². The van der Waals surface area contributed by atoms with Crippen LogP contribution in [0.15, 0.2) is 55.0 Å².